The van der Waals surface area contributed by atoms with Crippen molar-refractivity contribution in [3.05, 3.63) is 47.0 Å². The number of esters is 1. The van der Waals surface area contributed by atoms with Crippen LogP contribution in [0.3, 0.4) is 0 Å². The number of cyclic esters (lactones) is 1. The summed E-state index contributed by atoms with van der Waals surface area (Å²) in [5.41, 5.74) is 2.92. The van der Waals surface area contributed by atoms with Crippen LogP contribution >= 0.6 is 0 Å². The summed E-state index contributed by atoms with van der Waals surface area (Å²) in [5.74, 6) is -0.240. The first kappa shape index (κ1) is 15.0. The van der Waals surface area contributed by atoms with Gasteiger partial charge < -0.3 is 9.84 Å². The van der Waals surface area contributed by atoms with Crippen molar-refractivity contribution >= 4 is 16.7 Å². The number of benzene rings is 2. The van der Waals surface area contributed by atoms with E-state index in [1.165, 1.54) is 5.56 Å². The number of aliphatic hydroxyl groups is 1. The van der Waals surface area contributed by atoms with Gasteiger partial charge in [-0.1, -0.05) is 31.2 Å². The van der Waals surface area contributed by atoms with Gasteiger partial charge in [-0.05, 0) is 35.5 Å². The Morgan fingerprint density at radius 2 is 2.09 bits per heavy atom. The van der Waals surface area contributed by atoms with E-state index in [4.69, 9.17) is 4.74 Å². The standard InChI is InChI=1S/C18H21NO3/c1-2-8-19(9-10-20)11-13-6-7-14-12-22-18(21)16-5-3-4-15(13)17(14)16/h3-7,20H,2,8-12H2,1H3. The number of hydrogen-bond acceptors (Lipinski definition) is 4. The van der Waals surface area contributed by atoms with Gasteiger partial charge in [0.05, 0.1) is 12.2 Å². The number of carbonyl (C=O) groups is 1. The highest BCUT2D eigenvalue weighted by atomic mass is 16.5. The van der Waals surface area contributed by atoms with Gasteiger partial charge in [-0.15, -0.1) is 0 Å². The zero-order chi connectivity index (χ0) is 15.5. The van der Waals surface area contributed by atoms with Gasteiger partial charge in [0, 0.05) is 18.5 Å². The molecule has 0 unspecified atom stereocenters. The highest BCUT2D eigenvalue weighted by Crippen LogP contribution is 2.31. The molecule has 1 aliphatic rings. The smallest absolute Gasteiger partial charge is 0.339 e. The summed E-state index contributed by atoms with van der Waals surface area (Å²) in [6.07, 6.45) is 1.05. The molecule has 4 heteroatoms. The van der Waals surface area contributed by atoms with Crippen LogP contribution in [-0.4, -0.2) is 35.7 Å². The number of rotatable bonds is 6. The fourth-order valence-electron chi connectivity index (χ4n) is 3.16. The maximum atomic E-state index is 11.9. The van der Waals surface area contributed by atoms with Gasteiger partial charge in [0.15, 0.2) is 0 Å². The number of carbonyl (C=O) groups excluding carboxylic acids is 1. The normalized spacial score (nSPS) is 13.7. The van der Waals surface area contributed by atoms with Crippen molar-refractivity contribution in [1.29, 1.82) is 0 Å². The van der Waals surface area contributed by atoms with Crippen molar-refractivity contribution in [1.82, 2.24) is 4.90 Å². The van der Waals surface area contributed by atoms with Crippen molar-refractivity contribution in [2.75, 3.05) is 19.7 Å². The Kier molecular flexibility index (Phi) is 4.41. The molecule has 116 valence electrons. The van der Waals surface area contributed by atoms with Crippen LogP contribution in [0.15, 0.2) is 30.3 Å². The van der Waals surface area contributed by atoms with E-state index in [0.717, 1.165) is 35.8 Å². The van der Waals surface area contributed by atoms with Crippen LogP contribution in [0.1, 0.15) is 34.8 Å². The van der Waals surface area contributed by atoms with E-state index >= 15 is 0 Å². The predicted molar refractivity (Wildman–Crippen MR) is 85.7 cm³/mol. The van der Waals surface area contributed by atoms with Gasteiger partial charge in [-0.2, -0.15) is 0 Å². The molecule has 0 saturated carbocycles. The van der Waals surface area contributed by atoms with Gasteiger partial charge in [0.25, 0.3) is 0 Å². The highest BCUT2D eigenvalue weighted by Gasteiger charge is 2.21. The zero-order valence-electron chi connectivity index (χ0n) is 12.8. The van der Waals surface area contributed by atoms with Gasteiger partial charge in [0.1, 0.15) is 6.61 Å². The zero-order valence-corrected chi connectivity index (χ0v) is 12.8. The number of ether oxygens (including phenoxy) is 1. The van der Waals surface area contributed by atoms with Crippen LogP contribution in [-0.2, 0) is 17.9 Å². The summed E-state index contributed by atoms with van der Waals surface area (Å²) in [6.45, 7) is 5.04. The summed E-state index contributed by atoms with van der Waals surface area (Å²) in [6, 6.07) is 9.97. The first-order valence-corrected chi connectivity index (χ1v) is 7.78. The molecule has 0 radical (unpaired) electrons. The largest absolute Gasteiger partial charge is 0.457 e. The van der Waals surface area contributed by atoms with Crippen LogP contribution < -0.4 is 0 Å². The third-order valence-corrected chi connectivity index (χ3v) is 4.15. The Labute approximate surface area is 130 Å². The average Bonchev–Trinajstić information content (AvgIpc) is 2.53. The van der Waals surface area contributed by atoms with Crippen LogP contribution in [0.4, 0.5) is 0 Å². The quantitative estimate of drug-likeness (QED) is 0.833. The molecule has 3 rings (SSSR count). The number of aliphatic hydroxyl groups excluding tert-OH is 1. The summed E-state index contributed by atoms with van der Waals surface area (Å²) < 4.78 is 5.21. The van der Waals surface area contributed by atoms with Crippen LogP contribution in [0.5, 0.6) is 0 Å². The van der Waals surface area contributed by atoms with E-state index in [0.29, 0.717) is 18.7 Å². The Morgan fingerprint density at radius 3 is 2.86 bits per heavy atom. The molecule has 1 heterocycles. The first-order valence-electron chi connectivity index (χ1n) is 7.78. The fraction of sp³-hybridized carbons (Fsp3) is 0.389. The molecule has 0 atom stereocenters. The van der Waals surface area contributed by atoms with Crippen molar-refractivity contribution in [2.24, 2.45) is 0 Å². The lowest BCUT2D eigenvalue weighted by atomic mass is 9.94. The minimum absolute atomic E-state index is 0.160. The lowest BCUT2D eigenvalue weighted by molar-refractivity contribution is 0.0463. The summed E-state index contributed by atoms with van der Waals surface area (Å²) >= 11 is 0. The molecular formula is C18H21NO3. The van der Waals surface area contributed by atoms with Crippen molar-refractivity contribution in [3.8, 4) is 0 Å². The van der Waals surface area contributed by atoms with E-state index in [9.17, 15) is 9.90 Å². The van der Waals surface area contributed by atoms with E-state index in [2.05, 4.69) is 30.0 Å². The van der Waals surface area contributed by atoms with E-state index in [1.807, 2.05) is 12.1 Å². The topological polar surface area (TPSA) is 49.8 Å². The molecular weight excluding hydrogens is 278 g/mol. The molecule has 2 aromatic carbocycles. The van der Waals surface area contributed by atoms with Gasteiger partial charge in [0.2, 0.25) is 0 Å². The molecule has 1 aliphatic heterocycles. The van der Waals surface area contributed by atoms with Crippen LogP contribution in [0.25, 0.3) is 10.8 Å². The van der Waals surface area contributed by atoms with E-state index < -0.39 is 0 Å². The molecule has 0 aliphatic carbocycles. The molecule has 0 bridgehead atoms. The molecule has 22 heavy (non-hydrogen) atoms. The molecule has 4 nitrogen and oxygen atoms in total. The van der Waals surface area contributed by atoms with Crippen molar-refractivity contribution < 1.29 is 14.6 Å². The summed E-state index contributed by atoms with van der Waals surface area (Å²) in [4.78, 5) is 14.2. The second-order valence-corrected chi connectivity index (χ2v) is 5.69. The molecule has 0 saturated heterocycles. The van der Waals surface area contributed by atoms with Crippen molar-refractivity contribution in [3.63, 3.8) is 0 Å². The van der Waals surface area contributed by atoms with Crippen LogP contribution in [0.2, 0.25) is 0 Å². The third-order valence-electron chi connectivity index (χ3n) is 4.15. The Balaban J connectivity index is 2.03. The SMILES string of the molecule is CCCN(CCO)Cc1ccc2c3c(cccc13)C(=O)OC2. The van der Waals surface area contributed by atoms with Gasteiger partial charge in [-0.3, -0.25) is 4.90 Å². The Hall–Kier alpha value is -1.91. The maximum Gasteiger partial charge on any atom is 0.339 e. The first-order chi connectivity index (χ1) is 10.7. The van der Waals surface area contributed by atoms with Crippen molar-refractivity contribution in [2.45, 2.75) is 26.5 Å². The molecule has 0 aromatic heterocycles. The minimum atomic E-state index is -0.240. The maximum absolute atomic E-state index is 11.9. The predicted octanol–water partition coefficient (Wildman–Crippen LogP) is 2.71. The second kappa shape index (κ2) is 6.46. The lowest BCUT2D eigenvalue weighted by Gasteiger charge is -2.23. The molecule has 0 amide bonds. The number of hydrogen-bond donors (Lipinski definition) is 1. The van der Waals surface area contributed by atoms with E-state index in [1.54, 1.807) is 0 Å². The number of nitrogens with zero attached hydrogens (tertiary/aromatic N) is 1. The monoisotopic (exact) mass is 299 g/mol. The molecule has 0 spiro atoms. The van der Waals surface area contributed by atoms with Crippen LogP contribution in [0, 0.1) is 0 Å². The third kappa shape index (κ3) is 2.72. The molecule has 1 N–H and O–H groups in total. The highest BCUT2D eigenvalue weighted by molar-refractivity contribution is 6.08. The Morgan fingerprint density at radius 1 is 1.23 bits per heavy atom. The average molecular weight is 299 g/mol. The fourth-order valence-corrected chi connectivity index (χ4v) is 3.16. The van der Waals surface area contributed by atoms with Gasteiger partial charge >= 0.3 is 5.97 Å². The summed E-state index contributed by atoms with van der Waals surface area (Å²) in [5, 5.41) is 11.4. The molecule has 2 aromatic rings. The second-order valence-electron chi connectivity index (χ2n) is 5.69. The molecule has 0 fully saturated rings. The van der Waals surface area contributed by atoms with E-state index in [-0.39, 0.29) is 12.6 Å². The minimum Gasteiger partial charge on any atom is -0.457 e. The van der Waals surface area contributed by atoms with Gasteiger partial charge in [-0.25, -0.2) is 4.79 Å². The lowest BCUT2D eigenvalue weighted by Crippen LogP contribution is -2.27. The summed E-state index contributed by atoms with van der Waals surface area (Å²) in [7, 11) is 0. The Bertz CT molecular complexity index is 690.